The molecule has 0 bridgehead atoms. The second-order valence-corrected chi connectivity index (χ2v) is 13.5. The Labute approximate surface area is 278 Å². The molecule has 6 N–H and O–H groups in total. The Morgan fingerprint density at radius 1 is 0.979 bits per heavy atom. The van der Waals surface area contributed by atoms with Gasteiger partial charge < -0.3 is 40.8 Å². The molecule has 12 heteroatoms. The molecule has 2 fully saturated rings. The van der Waals surface area contributed by atoms with Crippen molar-refractivity contribution in [1.82, 2.24) is 30.8 Å². The van der Waals surface area contributed by atoms with E-state index in [1.165, 1.54) is 12.7 Å². The number of rotatable bonds is 16. The van der Waals surface area contributed by atoms with Gasteiger partial charge in [-0.2, -0.15) is 0 Å². The molecule has 1 aromatic heterocycles. The molecule has 1 saturated heterocycles. The summed E-state index contributed by atoms with van der Waals surface area (Å²) in [4.78, 5) is 49.8. The van der Waals surface area contributed by atoms with Gasteiger partial charge in [0.25, 0.3) is 0 Å². The Morgan fingerprint density at radius 3 is 2.34 bits per heavy atom. The third-order valence-corrected chi connectivity index (χ3v) is 9.25. The van der Waals surface area contributed by atoms with E-state index in [4.69, 9.17) is 4.74 Å². The number of aryl methyl sites for hydroxylation is 1. The van der Waals surface area contributed by atoms with E-state index in [9.17, 15) is 24.6 Å². The number of hydrogen-bond donors (Lipinski definition) is 6. The molecule has 0 unspecified atom stereocenters. The van der Waals surface area contributed by atoms with Gasteiger partial charge in [0.1, 0.15) is 18.2 Å². The molecule has 1 aliphatic heterocycles. The SMILES string of the molecule is CC(C)C[C@H](O)[C@H](O)[C@H](CC1CCCCC1)NC(=O)[C@H](Cc1cnc[nH]1)NC(=O)[C@H](CCc1ccccc1)NC(=O)N1CCOCC1. The highest BCUT2D eigenvalue weighted by atomic mass is 16.5. The number of nitrogens with one attached hydrogen (secondary N) is 4. The van der Waals surface area contributed by atoms with E-state index in [0.29, 0.717) is 63.6 Å². The number of aliphatic hydroxyl groups is 2. The number of aromatic nitrogens is 2. The number of urea groups is 1. The first-order chi connectivity index (χ1) is 22.7. The number of hydrogen-bond acceptors (Lipinski definition) is 7. The maximum absolute atomic E-state index is 14.0. The van der Waals surface area contributed by atoms with E-state index in [1.807, 2.05) is 44.2 Å². The molecule has 1 aromatic carbocycles. The summed E-state index contributed by atoms with van der Waals surface area (Å²) in [7, 11) is 0. The van der Waals surface area contributed by atoms with E-state index in [0.717, 1.165) is 31.2 Å². The fraction of sp³-hybridized carbons (Fsp3) is 0.657. The van der Waals surface area contributed by atoms with Crippen molar-refractivity contribution < 1.29 is 29.3 Å². The monoisotopic (exact) mass is 654 g/mol. The first-order valence-corrected chi connectivity index (χ1v) is 17.3. The Balaban J connectivity index is 1.52. The van der Waals surface area contributed by atoms with Gasteiger partial charge in [0.2, 0.25) is 11.8 Å². The summed E-state index contributed by atoms with van der Waals surface area (Å²) in [6.07, 6.45) is 8.32. The van der Waals surface area contributed by atoms with Crippen LogP contribution in [-0.2, 0) is 27.2 Å². The van der Waals surface area contributed by atoms with Crippen LogP contribution in [0.4, 0.5) is 4.79 Å². The van der Waals surface area contributed by atoms with Gasteiger partial charge in [-0.3, -0.25) is 9.59 Å². The molecule has 4 rings (SSSR count). The van der Waals surface area contributed by atoms with Crippen LogP contribution < -0.4 is 16.0 Å². The summed E-state index contributed by atoms with van der Waals surface area (Å²) < 4.78 is 5.38. The number of H-pyrrole nitrogens is 1. The quantitative estimate of drug-likeness (QED) is 0.162. The predicted molar refractivity (Wildman–Crippen MR) is 178 cm³/mol. The zero-order valence-corrected chi connectivity index (χ0v) is 27.9. The molecule has 2 aromatic rings. The van der Waals surface area contributed by atoms with Crippen LogP contribution in [0.15, 0.2) is 42.9 Å². The molecule has 0 radical (unpaired) electrons. The van der Waals surface area contributed by atoms with Crippen molar-refractivity contribution in [3.05, 3.63) is 54.1 Å². The number of morpholine rings is 1. The second-order valence-electron chi connectivity index (χ2n) is 13.5. The van der Waals surface area contributed by atoms with Gasteiger partial charge in [0.15, 0.2) is 0 Å². The third-order valence-electron chi connectivity index (χ3n) is 9.25. The molecule has 5 atom stereocenters. The molecule has 47 heavy (non-hydrogen) atoms. The molecule has 12 nitrogen and oxygen atoms in total. The number of carbonyl (C=O) groups excluding carboxylic acids is 3. The number of ether oxygens (including phenoxy) is 1. The van der Waals surface area contributed by atoms with Crippen molar-refractivity contribution in [3.8, 4) is 0 Å². The van der Waals surface area contributed by atoms with E-state index >= 15 is 0 Å². The highest BCUT2D eigenvalue weighted by Crippen LogP contribution is 2.29. The molecule has 1 aliphatic carbocycles. The highest BCUT2D eigenvalue weighted by molar-refractivity contribution is 5.92. The van der Waals surface area contributed by atoms with E-state index in [1.54, 1.807) is 11.1 Å². The van der Waals surface area contributed by atoms with Crippen LogP contribution in [0.1, 0.15) is 76.5 Å². The molecule has 4 amide bonds. The maximum Gasteiger partial charge on any atom is 0.318 e. The molecule has 2 aliphatic rings. The van der Waals surface area contributed by atoms with Crippen molar-refractivity contribution in [3.63, 3.8) is 0 Å². The minimum atomic E-state index is -1.15. The summed E-state index contributed by atoms with van der Waals surface area (Å²) >= 11 is 0. The fourth-order valence-corrected chi connectivity index (χ4v) is 6.57. The molecule has 1 saturated carbocycles. The average molecular weight is 655 g/mol. The van der Waals surface area contributed by atoms with Crippen molar-refractivity contribution in [1.29, 1.82) is 0 Å². The Bertz CT molecular complexity index is 1220. The smallest absolute Gasteiger partial charge is 0.318 e. The largest absolute Gasteiger partial charge is 0.390 e. The lowest BCUT2D eigenvalue weighted by atomic mass is 9.82. The minimum absolute atomic E-state index is 0.126. The molecular formula is C35H54N6O6. The number of imidazole rings is 1. The molecular weight excluding hydrogens is 600 g/mol. The van der Waals surface area contributed by atoms with Crippen LogP contribution in [0.5, 0.6) is 0 Å². The maximum atomic E-state index is 14.0. The Kier molecular flexibility index (Phi) is 14.5. The summed E-state index contributed by atoms with van der Waals surface area (Å²) in [5.41, 5.74) is 1.67. The van der Waals surface area contributed by atoms with Gasteiger partial charge in [-0.05, 0) is 43.1 Å². The topological polar surface area (TPSA) is 169 Å². The number of aromatic amines is 1. The normalized spacial score (nSPS) is 19.0. The molecule has 0 spiro atoms. The van der Waals surface area contributed by atoms with Crippen molar-refractivity contribution in [2.45, 2.75) is 108 Å². The van der Waals surface area contributed by atoms with Crippen molar-refractivity contribution >= 4 is 17.8 Å². The lowest BCUT2D eigenvalue weighted by Crippen LogP contribution is -2.59. The summed E-state index contributed by atoms with van der Waals surface area (Å²) in [6.45, 7) is 5.68. The van der Waals surface area contributed by atoms with Crippen LogP contribution >= 0.6 is 0 Å². The number of nitrogens with zero attached hydrogens (tertiary/aromatic N) is 2. The van der Waals surface area contributed by atoms with Crippen LogP contribution in [-0.4, -0.2) is 99.6 Å². The van der Waals surface area contributed by atoms with Crippen molar-refractivity contribution in [2.24, 2.45) is 11.8 Å². The zero-order valence-electron chi connectivity index (χ0n) is 27.9. The highest BCUT2D eigenvalue weighted by Gasteiger charge is 2.34. The van der Waals surface area contributed by atoms with Gasteiger partial charge in [0, 0.05) is 31.4 Å². The van der Waals surface area contributed by atoms with E-state index in [2.05, 4.69) is 25.9 Å². The number of carbonyl (C=O) groups is 3. The van der Waals surface area contributed by atoms with Gasteiger partial charge in [-0.25, -0.2) is 9.78 Å². The van der Waals surface area contributed by atoms with E-state index in [-0.39, 0.29) is 18.4 Å². The summed E-state index contributed by atoms with van der Waals surface area (Å²) in [5.74, 6) is -0.454. The summed E-state index contributed by atoms with van der Waals surface area (Å²) in [5, 5.41) is 31.0. The zero-order chi connectivity index (χ0) is 33.6. The first-order valence-electron chi connectivity index (χ1n) is 17.3. The Hall–Kier alpha value is -3.48. The number of benzene rings is 1. The van der Waals surface area contributed by atoms with Gasteiger partial charge in [-0.15, -0.1) is 0 Å². The van der Waals surface area contributed by atoms with Gasteiger partial charge in [0.05, 0.1) is 31.7 Å². The predicted octanol–water partition coefficient (Wildman–Crippen LogP) is 2.70. The van der Waals surface area contributed by atoms with E-state index < -0.39 is 42.1 Å². The van der Waals surface area contributed by atoms with Crippen LogP contribution in [0.25, 0.3) is 0 Å². The average Bonchev–Trinajstić information content (AvgIpc) is 3.59. The Morgan fingerprint density at radius 2 is 1.68 bits per heavy atom. The lowest BCUT2D eigenvalue weighted by Gasteiger charge is -2.34. The second kappa shape index (κ2) is 18.8. The minimum Gasteiger partial charge on any atom is -0.390 e. The van der Waals surface area contributed by atoms with Crippen LogP contribution in [0.2, 0.25) is 0 Å². The molecule has 260 valence electrons. The van der Waals surface area contributed by atoms with Crippen LogP contribution in [0.3, 0.4) is 0 Å². The number of amides is 4. The standard InChI is InChI=1S/C35H54N6O6/c1-24(2)19-31(42)32(43)29(20-26-11-7-4-8-12-26)38-34(45)30(21-27-22-36-23-37-27)39-33(44)28(14-13-25-9-5-3-6-10-25)40-35(46)41-15-17-47-18-16-41/h3,5-6,9-10,22-24,26,28-32,42-43H,4,7-8,11-21H2,1-2H3,(H,36,37)(H,38,45)(H,39,44)(H,40,46)/t28-,29-,30-,31-,32+/m0/s1. The van der Waals surface area contributed by atoms with Crippen molar-refractivity contribution in [2.75, 3.05) is 26.3 Å². The van der Waals surface area contributed by atoms with Gasteiger partial charge in [-0.1, -0.05) is 76.3 Å². The fourth-order valence-electron chi connectivity index (χ4n) is 6.57. The first kappa shape index (κ1) is 36.4. The lowest BCUT2D eigenvalue weighted by molar-refractivity contribution is -0.131. The van der Waals surface area contributed by atoms with Gasteiger partial charge >= 0.3 is 6.03 Å². The molecule has 2 heterocycles. The summed E-state index contributed by atoms with van der Waals surface area (Å²) in [6, 6.07) is 6.76. The third kappa shape index (κ3) is 11.9. The van der Waals surface area contributed by atoms with Crippen LogP contribution in [0, 0.1) is 11.8 Å². The number of aliphatic hydroxyl groups excluding tert-OH is 2.